The quantitative estimate of drug-likeness (QED) is 0.403. The highest BCUT2D eigenvalue weighted by Crippen LogP contribution is 2.34. The highest BCUT2D eigenvalue weighted by molar-refractivity contribution is 6.02. The Labute approximate surface area is 141 Å². The molecule has 1 nitrogen and oxygen atoms in total. The van der Waals surface area contributed by atoms with E-state index in [1.807, 2.05) is 12.1 Å². The van der Waals surface area contributed by atoms with Crippen molar-refractivity contribution in [3.8, 4) is 0 Å². The van der Waals surface area contributed by atoms with E-state index in [0.717, 1.165) is 11.0 Å². The second-order valence-corrected chi connectivity index (χ2v) is 5.92. The van der Waals surface area contributed by atoms with Crippen LogP contribution in [0.5, 0.6) is 0 Å². The van der Waals surface area contributed by atoms with E-state index in [9.17, 15) is 0 Å². The third kappa shape index (κ3) is 2.65. The van der Waals surface area contributed by atoms with Crippen molar-refractivity contribution in [2.24, 2.45) is 0 Å². The number of furan rings is 1. The molecule has 0 N–H and O–H groups in total. The smallest absolute Gasteiger partial charge is 0.134 e. The van der Waals surface area contributed by atoms with Gasteiger partial charge in [0.05, 0.1) is 6.26 Å². The van der Waals surface area contributed by atoms with Crippen molar-refractivity contribution < 1.29 is 4.42 Å². The van der Waals surface area contributed by atoms with E-state index in [-0.39, 0.29) is 0 Å². The van der Waals surface area contributed by atoms with E-state index in [1.165, 1.54) is 27.8 Å². The minimum Gasteiger partial charge on any atom is -0.464 e. The van der Waals surface area contributed by atoms with Gasteiger partial charge < -0.3 is 4.42 Å². The molecule has 4 rings (SSSR count). The molecule has 4 aromatic rings. The van der Waals surface area contributed by atoms with Crippen LogP contribution in [-0.2, 0) is 0 Å². The fraction of sp³-hybridized carbons (Fsp3) is 0.0435. The summed E-state index contributed by atoms with van der Waals surface area (Å²) < 4.78 is 5.62. The number of fused-ring (bicyclic) bond motifs is 1. The lowest BCUT2D eigenvalue weighted by Gasteiger charge is -2.13. The minimum absolute atomic E-state index is 0.922. The zero-order valence-electron chi connectivity index (χ0n) is 13.6. The molecule has 0 amide bonds. The van der Waals surface area contributed by atoms with Crippen LogP contribution in [0.4, 0.5) is 0 Å². The predicted octanol–water partition coefficient (Wildman–Crippen LogP) is 6.33. The van der Waals surface area contributed by atoms with Crippen LogP contribution >= 0.6 is 0 Å². The molecule has 1 aromatic heterocycles. The fourth-order valence-corrected chi connectivity index (χ4v) is 3.14. The van der Waals surface area contributed by atoms with Crippen LogP contribution in [0, 0.1) is 6.92 Å². The third-order valence-corrected chi connectivity index (χ3v) is 4.31. The summed E-state index contributed by atoms with van der Waals surface area (Å²) in [5.41, 5.74) is 7.01. The average molecular weight is 310 g/mol. The third-order valence-electron chi connectivity index (χ3n) is 4.31. The Kier molecular flexibility index (Phi) is 3.76. The van der Waals surface area contributed by atoms with E-state index >= 15 is 0 Å². The number of benzene rings is 3. The zero-order valence-corrected chi connectivity index (χ0v) is 13.6. The molecule has 0 aliphatic rings. The molecule has 0 saturated carbocycles. The molecule has 0 radical (unpaired) electrons. The average Bonchev–Trinajstić information content (AvgIpc) is 3.10. The first-order valence-electron chi connectivity index (χ1n) is 8.12. The lowest BCUT2D eigenvalue weighted by atomic mass is 9.90. The molecule has 24 heavy (non-hydrogen) atoms. The molecule has 0 saturated heterocycles. The van der Waals surface area contributed by atoms with Crippen LogP contribution in [0.15, 0.2) is 89.5 Å². The molecule has 1 heterocycles. The summed E-state index contributed by atoms with van der Waals surface area (Å²) in [6, 6.07) is 27.2. The minimum atomic E-state index is 0.922. The summed E-state index contributed by atoms with van der Waals surface area (Å²) in [5, 5.41) is 1.15. The SMILES string of the molecule is Cc1ccc2occc2c1/C(=C/c1ccccc1)c1ccccc1. The maximum Gasteiger partial charge on any atom is 0.134 e. The van der Waals surface area contributed by atoms with Crippen LogP contribution in [-0.4, -0.2) is 0 Å². The molecule has 116 valence electrons. The van der Waals surface area contributed by atoms with Gasteiger partial charge in [0.25, 0.3) is 0 Å². The maximum atomic E-state index is 5.62. The summed E-state index contributed by atoms with van der Waals surface area (Å²) in [6.45, 7) is 2.16. The first kappa shape index (κ1) is 14.5. The van der Waals surface area contributed by atoms with Gasteiger partial charge >= 0.3 is 0 Å². The van der Waals surface area contributed by atoms with Crippen LogP contribution in [0.1, 0.15) is 22.3 Å². The van der Waals surface area contributed by atoms with E-state index in [1.54, 1.807) is 6.26 Å². The van der Waals surface area contributed by atoms with Crippen molar-refractivity contribution in [1.29, 1.82) is 0 Å². The van der Waals surface area contributed by atoms with E-state index in [4.69, 9.17) is 4.42 Å². The number of aryl methyl sites for hydroxylation is 1. The Morgan fingerprint density at radius 3 is 2.25 bits per heavy atom. The summed E-state index contributed by atoms with van der Waals surface area (Å²) in [7, 11) is 0. The molecule has 0 aliphatic carbocycles. The van der Waals surface area contributed by atoms with E-state index in [0.29, 0.717) is 0 Å². The van der Waals surface area contributed by atoms with Gasteiger partial charge in [-0.1, -0.05) is 66.7 Å². The Balaban J connectivity index is 2.01. The summed E-state index contributed by atoms with van der Waals surface area (Å²) in [6.07, 6.45) is 4.02. The molecular weight excluding hydrogens is 292 g/mol. The topological polar surface area (TPSA) is 13.1 Å². The summed E-state index contributed by atoms with van der Waals surface area (Å²) >= 11 is 0. The Bertz CT molecular complexity index is 992. The molecule has 3 aromatic carbocycles. The van der Waals surface area contributed by atoms with Gasteiger partial charge in [-0.15, -0.1) is 0 Å². The molecule has 0 atom stereocenters. The highest BCUT2D eigenvalue weighted by Gasteiger charge is 2.13. The second-order valence-electron chi connectivity index (χ2n) is 5.92. The maximum absolute atomic E-state index is 5.62. The number of hydrogen-bond donors (Lipinski definition) is 0. The van der Waals surface area contributed by atoms with Crippen LogP contribution in [0.25, 0.3) is 22.6 Å². The van der Waals surface area contributed by atoms with Gasteiger partial charge in [0.2, 0.25) is 0 Å². The molecule has 0 unspecified atom stereocenters. The van der Waals surface area contributed by atoms with Crippen molar-refractivity contribution in [3.05, 3.63) is 107 Å². The normalized spacial score (nSPS) is 11.8. The molecule has 1 heteroatoms. The van der Waals surface area contributed by atoms with Gasteiger partial charge in [0.15, 0.2) is 0 Å². The Morgan fingerprint density at radius 1 is 0.792 bits per heavy atom. The summed E-state index contributed by atoms with van der Waals surface area (Å²) in [4.78, 5) is 0. The van der Waals surface area contributed by atoms with Gasteiger partial charge in [-0.2, -0.15) is 0 Å². The molecule has 0 spiro atoms. The Hall–Kier alpha value is -3.06. The first-order valence-corrected chi connectivity index (χ1v) is 8.12. The molecule has 0 bridgehead atoms. The van der Waals surface area contributed by atoms with Crippen molar-refractivity contribution in [2.75, 3.05) is 0 Å². The summed E-state index contributed by atoms with van der Waals surface area (Å²) in [5.74, 6) is 0. The monoisotopic (exact) mass is 310 g/mol. The molecule has 0 aliphatic heterocycles. The Morgan fingerprint density at radius 2 is 1.50 bits per heavy atom. The van der Waals surface area contributed by atoms with Gasteiger partial charge in [-0.3, -0.25) is 0 Å². The van der Waals surface area contributed by atoms with Crippen LogP contribution in [0.2, 0.25) is 0 Å². The van der Waals surface area contributed by atoms with Crippen molar-refractivity contribution >= 4 is 22.6 Å². The predicted molar refractivity (Wildman–Crippen MR) is 101 cm³/mol. The number of hydrogen-bond acceptors (Lipinski definition) is 1. The van der Waals surface area contributed by atoms with Crippen LogP contribution in [0.3, 0.4) is 0 Å². The number of rotatable bonds is 3. The molecular formula is C23H18O. The van der Waals surface area contributed by atoms with Crippen molar-refractivity contribution in [3.63, 3.8) is 0 Å². The second kappa shape index (κ2) is 6.21. The van der Waals surface area contributed by atoms with Crippen molar-refractivity contribution in [1.82, 2.24) is 0 Å². The lowest BCUT2D eigenvalue weighted by Crippen LogP contribution is -1.93. The van der Waals surface area contributed by atoms with Gasteiger partial charge in [0, 0.05) is 5.39 Å². The van der Waals surface area contributed by atoms with Gasteiger partial charge in [0.1, 0.15) is 5.58 Å². The standard InChI is InChI=1S/C23H18O/c1-17-12-13-22-20(14-15-24-22)23(17)21(19-10-6-3-7-11-19)16-18-8-4-2-5-9-18/h2-16H,1H3/b21-16+. The first-order chi connectivity index (χ1) is 11.8. The molecule has 0 fully saturated rings. The zero-order chi connectivity index (χ0) is 16.4. The van der Waals surface area contributed by atoms with Crippen LogP contribution < -0.4 is 0 Å². The van der Waals surface area contributed by atoms with E-state index < -0.39 is 0 Å². The van der Waals surface area contributed by atoms with Crippen molar-refractivity contribution in [2.45, 2.75) is 6.92 Å². The van der Waals surface area contributed by atoms with Gasteiger partial charge in [-0.25, -0.2) is 0 Å². The highest BCUT2D eigenvalue weighted by atomic mass is 16.3. The van der Waals surface area contributed by atoms with E-state index in [2.05, 4.69) is 79.7 Å². The largest absolute Gasteiger partial charge is 0.464 e. The lowest BCUT2D eigenvalue weighted by molar-refractivity contribution is 0.616. The van der Waals surface area contributed by atoms with Gasteiger partial charge in [-0.05, 0) is 53.0 Å². The fourth-order valence-electron chi connectivity index (χ4n) is 3.14.